The SMILES string of the molecule is CC1CCCC(CNC(=O)c2sccc2C#CCO)C1. The zero-order valence-electron chi connectivity index (χ0n) is 11.8. The second-order valence-corrected chi connectivity index (χ2v) is 6.39. The molecular formula is C16H21NO2S. The van der Waals surface area contributed by atoms with E-state index in [-0.39, 0.29) is 12.5 Å². The molecule has 0 saturated heterocycles. The minimum Gasteiger partial charge on any atom is -0.384 e. The monoisotopic (exact) mass is 291 g/mol. The molecule has 2 atom stereocenters. The van der Waals surface area contributed by atoms with E-state index in [4.69, 9.17) is 5.11 Å². The lowest BCUT2D eigenvalue weighted by atomic mass is 9.82. The largest absolute Gasteiger partial charge is 0.384 e. The summed E-state index contributed by atoms with van der Waals surface area (Å²) >= 11 is 1.40. The van der Waals surface area contributed by atoms with Crippen LogP contribution >= 0.6 is 11.3 Å². The quantitative estimate of drug-likeness (QED) is 0.841. The number of carbonyl (C=O) groups excluding carboxylic acids is 1. The van der Waals surface area contributed by atoms with E-state index in [1.54, 1.807) is 0 Å². The molecule has 0 radical (unpaired) electrons. The summed E-state index contributed by atoms with van der Waals surface area (Å²) in [5.41, 5.74) is 0.707. The van der Waals surface area contributed by atoms with Crippen LogP contribution in [0.1, 0.15) is 47.8 Å². The van der Waals surface area contributed by atoms with Gasteiger partial charge in [0.2, 0.25) is 0 Å². The van der Waals surface area contributed by atoms with Crippen molar-refractivity contribution in [2.45, 2.75) is 32.6 Å². The Balaban J connectivity index is 1.90. The fourth-order valence-electron chi connectivity index (χ4n) is 2.78. The first-order valence-corrected chi connectivity index (χ1v) is 8.04. The first kappa shape index (κ1) is 15.1. The maximum atomic E-state index is 12.2. The van der Waals surface area contributed by atoms with Gasteiger partial charge in [-0.25, -0.2) is 0 Å². The number of aliphatic hydroxyl groups is 1. The van der Waals surface area contributed by atoms with Crippen molar-refractivity contribution >= 4 is 17.2 Å². The normalized spacial score (nSPS) is 21.9. The van der Waals surface area contributed by atoms with Crippen molar-refractivity contribution in [3.8, 4) is 11.8 Å². The average Bonchev–Trinajstić information content (AvgIpc) is 2.91. The molecule has 2 rings (SSSR count). The summed E-state index contributed by atoms with van der Waals surface area (Å²) in [4.78, 5) is 12.8. The smallest absolute Gasteiger partial charge is 0.262 e. The lowest BCUT2D eigenvalue weighted by molar-refractivity contribution is 0.0944. The zero-order chi connectivity index (χ0) is 14.4. The number of thiophene rings is 1. The van der Waals surface area contributed by atoms with Gasteiger partial charge in [0.05, 0.1) is 0 Å². The number of hydrogen-bond acceptors (Lipinski definition) is 3. The number of rotatable bonds is 3. The summed E-state index contributed by atoms with van der Waals surface area (Å²) in [7, 11) is 0. The van der Waals surface area contributed by atoms with Crippen molar-refractivity contribution in [1.82, 2.24) is 5.32 Å². The van der Waals surface area contributed by atoms with Crippen molar-refractivity contribution in [2.24, 2.45) is 11.8 Å². The Hall–Kier alpha value is -1.31. The van der Waals surface area contributed by atoms with Crippen LogP contribution in [0.3, 0.4) is 0 Å². The van der Waals surface area contributed by atoms with E-state index in [1.807, 2.05) is 11.4 Å². The van der Waals surface area contributed by atoms with Crippen molar-refractivity contribution in [1.29, 1.82) is 0 Å². The predicted molar refractivity (Wildman–Crippen MR) is 81.7 cm³/mol. The maximum absolute atomic E-state index is 12.2. The third kappa shape index (κ3) is 4.09. The molecule has 1 heterocycles. The Morgan fingerprint density at radius 3 is 3.15 bits per heavy atom. The highest BCUT2D eigenvalue weighted by Gasteiger charge is 2.20. The average molecular weight is 291 g/mol. The van der Waals surface area contributed by atoms with Crippen molar-refractivity contribution < 1.29 is 9.90 Å². The van der Waals surface area contributed by atoms with E-state index in [9.17, 15) is 4.79 Å². The van der Waals surface area contributed by atoms with Gasteiger partial charge < -0.3 is 10.4 Å². The lowest BCUT2D eigenvalue weighted by Gasteiger charge is -2.26. The molecule has 4 heteroatoms. The highest BCUT2D eigenvalue weighted by molar-refractivity contribution is 7.12. The number of carbonyl (C=O) groups is 1. The van der Waals surface area contributed by atoms with Crippen LogP contribution in [0.25, 0.3) is 0 Å². The van der Waals surface area contributed by atoms with Gasteiger partial charge in [-0.3, -0.25) is 4.79 Å². The standard InChI is InChI=1S/C16H21NO2S/c1-12-4-2-5-13(10-12)11-17-16(19)15-14(6-3-8-18)7-9-20-15/h7,9,12-13,18H,2,4-5,8,10-11H2,1H3,(H,17,19). The molecule has 1 saturated carbocycles. The number of aliphatic hydroxyl groups excluding tert-OH is 1. The molecule has 3 nitrogen and oxygen atoms in total. The Morgan fingerprint density at radius 2 is 2.40 bits per heavy atom. The van der Waals surface area contributed by atoms with Crippen LogP contribution in [0, 0.1) is 23.7 Å². The highest BCUT2D eigenvalue weighted by Crippen LogP contribution is 2.28. The van der Waals surface area contributed by atoms with Crippen molar-refractivity contribution in [3.63, 3.8) is 0 Å². The predicted octanol–water partition coefficient (Wildman–Crippen LogP) is 2.65. The molecule has 2 N–H and O–H groups in total. The molecule has 1 amide bonds. The van der Waals surface area contributed by atoms with Crippen molar-refractivity contribution in [2.75, 3.05) is 13.2 Å². The zero-order valence-corrected chi connectivity index (χ0v) is 12.6. The van der Waals surface area contributed by atoms with E-state index in [1.165, 1.54) is 37.0 Å². The van der Waals surface area contributed by atoms with Crippen LogP contribution in [0.2, 0.25) is 0 Å². The second kappa shape index (κ2) is 7.47. The van der Waals surface area contributed by atoms with Gasteiger partial charge in [0.25, 0.3) is 5.91 Å². The van der Waals surface area contributed by atoms with Gasteiger partial charge in [-0.05, 0) is 36.1 Å². The number of nitrogens with one attached hydrogen (secondary N) is 1. The van der Waals surface area contributed by atoms with Gasteiger partial charge in [0.15, 0.2) is 0 Å². The molecule has 0 aliphatic heterocycles. The van der Waals surface area contributed by atoms with Crippen LogP contribution in [0.15, 0.2) is 11.4 Å². The summed E-state index contributed by atoms with van der Waals surface area (Å²) in [6.07, 6.45) is 5.01. The number of amides is 1. The molecular weight excluding hydrogens is 270 g/mol. The van der Waals surface area contributed by atoms with E-state index >= 15 is 0 Å². The molecule has 1 aromatic rings. The topological polar surface area (TPSA) is 49.3 Å². The van der Waals surface area contributed by atoms with Crippen LogP contribution in [-0.4, -0.2) is 24.2 Å². The summed E-state index contributed by atoms with van der Waals surface area (Å²) in [6, 6.07) is 1.82. The van der Waals surface area contributed by atoms with Gasteiger partial charge in [0, 0.05) is 12.1 Å². The Labute approximate surface area is 124 Å². The van der Waals surface area contributed by atoms with Crippen LogP contribution in [-0.2, 0) is 0 Å². The molecule has 1 aliphatic carbocycles. The van der Waals surface area contributed by atoms with E-state index in [2.05, 4.69) is 24.1 Å². The molecule has 20 heavy (non-hydrogen) atoms. The summed E-state index contributed by atoms with van der Waals surface area (Å²) < 4.78 is 0. The van der Waals surface area contributed by atoms with Crippen LogP contribution in [0.5, 0.6) is 0 Å². The second-order valence-electron chi connectivity index (χ2n) is 5.47. The molecule has 108 valence electrons. The minimum absolute atomic E-state index is 0.0412. The van der Waals surface area contributed by atoms with E-state index in [0.717, 1.165) is 12.5 Å². The summed E-state index contributed by atoms with van der Waals surface area (Å²) in [6.45, 7) is 2.86. The van der Waals surface area contributed by atoms with Gasteiger partial charge in [0.1, 0.15) is 11.5 Å². The molecule has 0 aromatic carbocycles. The lowest BCUT2D eigenvalue weighted by Crippen LogP contribution is -2.31. The maximum Gasteiger partial charge on any atom is 0.262 e. The minimum atomic E-state index is -0.184. The van der Waals surface area contributed by atoms with Crippen LogP contribution in [0.4, 0.5) is 0 Å². The summed E-state index contributed by atoms with van der Waals surface area (Å²) in [5, 5.41) is 13.6. The molecule has 0 spiro atoms. The third-order valence-corrected chi connectivity index (χ3v) is 4.68. The molecule has 2 unspecified atom stereocenters. The molecule has 1 fully saturated rings. The van der Waals surface area contributed by atoms with Crippen LogP contribution < -0.4 is 5.32 Å². The Morgan fingerprint density at radius 1 is 1.55 bits per heavy atom. The van der Waals surface area contributed by atoms with E-state index in [0.29, 0.717) is 16.4 Å². The number of hydrogen-bond donors (Lipinski definition) is 2. The fraction of sp³-hybridized carbons (Fsp3) is 0.562. The highest BCUT2D eigenvalue weighted by atomic mass is 32.1. The van der Waals surface area contributed by atoms with Gasteiger partial charge in [-0.2, -0.15) is 0 Å². The third-order valence-electron chi connectivity index (χ3n) is 3.77. The first-order valence-electron chi connectivity index (χ1n) is 7.16. The van der Waals surface area contributed by atoms with E-state index < -0.39 is 0 Å². The van der Waals surface area contributed by atoms with Crippen molar-refractivity contribution in [3.05, 3.63) is 21.9 Å². The molecule has 1 aromatic heterocycles. The molecule has 1 aliphatic rings. The fourth-order valence-corrected chi connectivity index (χ4v) is 3.55. The molecule has 0 bridgehead atoms. The Kier molecular flexibility index (Phi) is 5.63. The Bertz CT molecular complexity index is 512. The first-order chi connectivity index (χ1) is 9.70. The summed E-state index contributed by atoms with van der Waals surface area (Å²) in [5.74, 6) is 6.75. The van der Waals surface area contributed by atoms with Gasteiger partial charge in [-0.15, -0.1) is 11.3 Å². The van der Waals surface area contributed by atoms with Gasteiger partial charge in [-0.1, -0.05) is 31.6 Å². The van der Waals surface area contributed by atoms with Gasteiger partial charge >= 0.3 is 0 Å².